The van der Waals surface area contributed by atoms with Crippen molar-refractivity contribution in [1.82, 2.24) is 0 Å². The number of aliphatic hydroxyl groups is 1. The number of benzene rings is 2. The van der Waals surface area contributed by atoms with Gasteiger partial charge in [0.25, 0.3) is 11.7 Å². The Kier molecular flexibility index (Phi) is 6.13. The van der Waals surface area contributed by atoms with Gasteiger partial charge in [-0.1, -0.05) is 26.0 Å². The summed E-state index contributed by atoms with van der Waals surface area (Å²) in [4.78, 5) is 28.9. The summed E-state index contributed by atoms with van der Waals surface area (Å²) in [6, 6.07) is 14.2. The molecule has 4 rings (SSSR count). The number of thiophene rings is 1. The van der Waals surface area contributed by atoms with E-state index in [2.05, 4.69) is 0 Å². The van der Waals surface area contributed by atoms with Crippen LogP contribution in [0.15, 0.2) is 59.5 Å². The summed E-state index contributed by atoms with van der Waals surface area (Å²) in [6.45, 7) is 7.98. The number of hydrogen-bond donors (Lipinski definition) is 1. The van der Waals surface area contributed by atoms with Gasteiger partial charge in [0.2, 0.25) is 0 Å². The van der Waals surface area contributed by atoms with Crippen molar-refractivity contribution in [3.05, 3.63) is 86.6 Å². The van der Waals surface area contributed by atoms with E-state index in [1.807, 2.05) is 69.5 Å². The highest BCUT2D eigenvalue weighted by molar-refractivity contribution is 7.10. The van der Waals surface area contributed by atoms with Crippen molar-refractivity contribution in [2.45, 2.75) is 39.7 Å². The Labute approximate surface area is 197 Å². The predicted molar refractivity (Wildman–Crippen MR) is 132 cm³/mol. The number of anilines is 1. The molecular formula is C27H27NO4S. The summed E-state index contributed by atoms with van der Waals surface area (Å²) in [5.41, 5.74) is 4.13. The number of aliphatic hydroxyl groups excluding tert-OH is 1. The van der Waals surface area contributed by atoms with Gasteiger partial charge in [-0.05, 0) is 78.2 Å². The number of aryl methyl sites for hydroxylation is 2. The van der Waals surface area contributed by atoms with Gasteiger partial charge in [0.05, 0.1) is 12.7 Å². The van der Waals surface area contributed by atoms with Crippen LogP contribution in [0, 0.1) is 13.8 Å². The molecule has 0 bridgehead atoms. The molecule has 1 fully saturated rings. The van der Waals surface area contributed by atoms with Crippen molar-refractivity contribution in [2.75, 3.05) is 12.0 Å². The van der Waals surface area contributed by atoms with Crippen molar-refractivity contribution >= 4 is 34.5 Å². The van der Waals surface area contributed by atoms with Crippen molar-refractivity contribution in [3.63, 3.8) is 0 Å². The third-order valence-corrected chi connectivity index (χ3v) is 6.79. The topological polar surface area (TPSA) is 66.8 Å². The zero-order valence-electron chi connectivity index (χ0n) is 19.4. The maximum Gasteiger partial charge on any atom is 0.300 e. The maximum absolute atomic E-state index is 13.3. The van der Waals surface area contributed by atoms with Gasteiger partial charge in [0, 0.05) is 16.1 Å². The van der Waals surface area contributed by atoms with E-state index in [9.17, 15) is 14.7 Å². The number of hydrogen-bond acceptors (Lipinski definition) is 5. The Morgan fingerprint density at radius 1 is 1.06 bits per heavy atom. The molecule has 33 heavy (non-hydrogen) atoms. The van der Waals surface area contributed by atoms with Gasteiger partial charge in [0.15, 0.2) is 0 Å². The first kappa shape index (κ1) is 22.8. The van der Waals surface area contributed by atoms with Gasteiger partial charge < -0.3 is 9.84 Å². The molecule has 2 heterocycles. The molecule has 1 aromatic heterocycles. The smallest absolute Gasteiger partial charge is 0.300 e. The molecule has 2 aromatic carbocycles. The number of carbonyl (C=O) groups is 2. The summed E-state index contributed by atoms with van der Waals surface area (Å²) in [6.07, 6.45) is 0. The number of ether oxygens (including phenoxy) is 1. The molecule has 170 valence electrons. The number of rotatable bonds is 5. The molecule has 0 saturated carbocycles. The SMILES string of the molecule is COc1ccc(/C(O)=C2/C(=O)C(=O)N(c3cc(C)cc(C)c3)C2c2cccs2)cc1C(C)C. The number of methoxy groups -OCH3 is 1. The van der Waals surface area contributed by atoms with Gasteiger partial charge >= 0.3 is 0 Å². The van der Waals surface area contributed by atoms with Crippen LogP contribution in [-0.2, 0) is 9.59 Å². The zero-order chi connectivity index (χ0) is 23.9. The van der Waals surface area contributed by atoms with Crippen molar-refractivity contribution in [1.29, 1.82) is 0 Å². The Bertz CT molecular complexity index is 1240. The van der Waals surface area contributed by atoms with Crippen molar-refractivity contribution in [2.24, 2.45) is 0 Å². The predicted octanol–water partition coefficient (Wildman–Crippen LogP) is 6.12. The Morgan fingerprint density at radius 2 is 1.76 bits per heavy atom. The van der Waals surface area contributed by atoms with E-state index in [1.54, 1.807) is 19.2 Å². The second-order valence-corrected chi connectivity index (χ2v) is 9.62. The Morgan fingerprint density at radius 3 is 2.33 bits per heavy atom. The minimum atomic E-state index is -0.698. The zero-order valence-corrected chi connectivity index (χ0v) is 20.2. The van der Waals surface area contributed by atoms with E-state index < -0.39 is 17.7 Å². The minimum Gasteiger partial charge on any atom is -0.507 e. The van der Waals surface area contributed by atoms with Gasteiger partial charge in [0.1, 0.15) is 17.6 Å². The lowest BCUT2D eigenvalue weighted by atomic mass is 9.95. The molecule has 1 atom stereocenters. The molecular weight excluding hydrogens is 434 g/mol. The highest BCUT2D eigenvalue weighted by atomic mass is 32.1. The van der Waals surface area contributed by atoms with Crippen LogP contribution >= 0.6 is 11.3 Å². The van der Waals surface area contributed by atoms with Crippen molar-refractivity contribution < 1.29 is 19.4 Å². The van der Waals surface area contributed by atoms with Crippen LogP contribution in [-0.4, -0.2) is 23.9 Å². The van der Waals surface area contributed by atoms with Gasteiger partial charge in [-0.3, -0.25) is 14.5 Å². The Hall–Kier alpha value is -3.38. The molecule has 0 radical (unpaired) electrons. The number of amides is 1. The van der Waals surface area contributed by atoms with Crippen LogP contribution in [0.4, 0.5) is 5.69 Å². The Balaban J connectivity index is 1.93. The summed E-state index contributed by atoms with van der Waals surface area (Å²) in [7, 11) is 1.60. The number of carbonyl (C=O) groups excluding carboxylic acids is 2. The third-order valence-electron chi connectivity index (χ3n) is 5.87. The largest absolute Gasteiger partial charge is 0.507 e. The molecule has 1 aliphatic rings. The average Bonchev–Trinajstić information content (AvgIpc) is 3.39. The number of nitrogens with zero attached hydrogens (tertiary/aromatic N) is 1. The van der Waals surface area contributed by atoms with Crippen LogP contribution in [0.2, 0.25) is 0 Å². The van der Waals surface area contributed by atoms with Crippen LogP contribution in [0.3, 0.4) is 0 Å². The average molecular weight is 462 g/mol. The number of ketones is 1. The summed E-state index contributed by atoms with van der Waals surface area (Å²) in [5, 5.41) is 13.3. The fraction of sp³-hybridized carbons (Fsp3) is 0.259. The minimum absolute atomic E-state index is 0.0986. The van der Waals surface area contributed by atoms with Crippen LogP contribution in [0.1, 0.15) is 52.9 Å². The second kappa shape index (κ2) is 8.87. The van der Waals surface area contributed by atoms with Crippen molar-refractivity contribution in [3.8, 4) is 5.75 Å². The molecule has 1 N–H and O–H groups in total. The highest BCUT2D eigenvalue weighted by Crippen LogP contribution is 2.44. The summed E-state index contributed by atoms with van der Waals surface area (Å²) in [5.74, 6) is -0.641. The molecule has 0 spiro atoms. The summed E-state index contributed by atoms with van der Waals surface area (Å²) >= 11 is 1.45. The van der Waals surface area contributed by atoms with E-state index >= 15 is 0 Å². The molecule has 0 aliphatic carbocycles. The first-order chi connectivity index (χ1) is 15.7. The maximum atomic E-state index is 13.3. The van der Waals surface area contributed by atoms with E-state index in [1.165, 1.54) is 16.2 Å². The quantitative estimate of drug-likeness (QED) is 0.282. The van der Waals surface area contributed by atoms with E-state index in [-0.39, 0.29) is 17.3 Å². The van der Waals surface area contributed by atoms with Crippen LogP contribution < -0.4 is 9.64 Å². The van der Waals surface area contributed by atoms with Crippen LogP contribution in [0.25, 0.3) is 5.76 Å². The molecule has 5 nitrogen and oxygen atoms in total. The lowest BCUT2D eigenvalue weighted by Crippen LogP contribution is -2.29. The molecule has 1 amide bonds. The first-order valence-corrected chi connectivity index (χ1v) is 11.7. The summed E-state index contributed by atoms with van der Waals surface area (Å²) < 4.78 is 5.46. The van der Waals surface area contributed by atoms with E-state index in [4.69, 9.17) is 4.74 Å². The lowest BCUT2D eigenvalue weighted by molar-refractivity contribution is -0.132. The second-order valence-electron chi connectivity index (χ2n) is 8.64. The van der Waals surface area contributed by atoms with E-state index in [0.29, 0.717) is 17.0 Å². The molecule has 1 aliphatic heterocycles. The third kappa shape index (κ3) is 4.07. The van der Waals surface area contributed by atoms with Gasteiger partial charge in [-0.25, -0.2) is 0 Å². The molecule has 3 aromatic rings. The van der Waals surface area contributed by atoms with E-state index in [0.717, 1.165) is 21.6 Å². The van der Waals surface area contributed by atoms with Gasteiger partial charge in [-0.2, -0.15) is 0 Å². The monoisotopic (exact) mass is 461 g/mol. The molecule has 6 heteroatoms. The number of Topliss-reactive ketones (excluding diaryl/α,β-unsaturated/α-hetero) is 1. The highest BCUT2D eigenvalue weighted by Gasteiger charge is 2.47. The standard InChI is InChI=1S/C27H27NO4S/c1-15(2)20-14-18(8-9-21(20)32-5)25(29)23-24(22-7-6-10-33-22)28(27(31)26(23)30)19-12-16(3)11-17(4)13-19/h6-15,24,29H,1-5H3/b25-23-. The first-order valence-electron chi connectivity index (χ1n) is 10.8. The van der Waals surface area contributed by atoms with Crippen LogP contribution in [0.5, 0.6) is 5.75 Å². The normalized spacial score (nSPS) is 17.8. The molecule has 1 saturated heterocycles. The fourth-order valence-electron chi connectivity index (χ4n) is 4.39. The van der Waals surface area contributed by atoms with Gasteiger partial charge in [-0.15, -0.1) is 11.3 Å². The fourth-order valence-corrected chi connectivity index (χ4v) is 5.22. The lowest BCUT2D eigenvalue weighted by Gasteiger charge is -2.25. The molecule has 1 unspecified atom stereocenters.